The Labute approximate surface area is 193 Å². The SMILES string of the molecule is CCOC(=O)c1cc(-c2ccccc2)sc1NC(=O)[C@H](C)OC(=O)CNC(=O)c1ccco1. The second-order valence-corrected chi connectivity index (χ2v) is 7.77. The molecule has 9 nitrogen and oxygen atoms in total. The van der Waals surface area contributed by atoms with Crippen LogP contribution in [0.2, 0.25) is 0 Å². The van der Waals surface area contributed by atoms with E-state index in [2.05, 4.69) is 10.6 Å². The highest BCUT2D eigenvalue weighted by Crippen LogP contribution is 2.36. The fraction of sp³-hybridized carbons (Fsp3) is 0.217. The number of nitrogens with one attached hydrogen (secondary N) is 2. The van der Waals surface area contributed by atoms with Crippen LogP contribution in [-0.2, 0) is 19.1 Å². The van der Waals surface area contributed by atoms with Gasteiger partial charge in [-0.05, 0) is 37.6 Å². The third kappa shape index (κ3) is 6.30. The van der Waals surface area contributed by atoms with Crippen molar-refractivity contribution in [2.45, 2.75) is 20.0 Å². The maximum atomic E-state index is 12.6. The molecular formula is C23H22N2O7S. The van der Waals surface area contributed by atoms with Crippen LogP contribution < -0.4 is 10.6 Å². The molecule has 3 rings (SSSR count). The molecule has 2 heterocycles. The number of esters is 2. The molecular weight excluding hydrogens is 448 g/mol. The first-order valence-electron chi connectivity index (χ1n) is 10.1. The number of rotatable bonds is 9. The van der Waals surface area contributed by atoms with E-state index in [1.54, 1.807) is 13.0 Å². The number of thiophene rings is 1. The van der Waals surface area contributed by atoms with Gasteiger partial charge in [0.1, 0.15) is 11.5 Å². The Kier molecular flexibility index (Phi) is 7.98. The summed E-state index contributed by atoms with van der Waals surface area (Å²) in [6, 6.07) is 14.0. The number of furan rings is 1. The summed E-state index contributed by atoms with van der Waals surface area (Å²) in [4.78, 5) is 49.6. The van der Waals surface area contributed by atoms with E-state index >= 15 is 0 Å². The van der Waals surface area contributed by atoms with Crippen molar-refractivity contribution in [1.82, 2.24) is 5.32 Å². The molecule has 1 aromatic carbocycles. The number of hydrogen-bond acceptors (Lipinski definition) is 8. The van der Waals surface area contributed by atoms with Gasteiger partial charge in [0.05, 0.1) is 18.4 Å². The molecule has 10 heteroatoms. The highest BCUT2D eigenvalue weighted by molar-refractivity contribution is 7.20. The third-order valence-corrected chi connectivity index (χ3v) is 5.44. The Balaban J connectivity index is 1.64. The van der Waals surface area contributed by atoms with Crippen molar-refractivity contribution < 1.29 is 33.1 Å². The molecule has 0 bridgehead atoms. The van der Waals surface area contributed by atoms with Crippen molar-refractivity contribution in [2.75, 3.05) is 18.5 Å². The topological polar surface area (TPSA) is 124 Å². The molecule has 3 aromatic rings. The smallest absolute Gasteiger partial charge is 0.341 e. The van der Waals surface area contributed by atoms with Crippen LogP contribution in [0.5, 0.6) is 0 Å². The van der Waals surface area contributed by atoms with Gasteiger partial charge in [0.25, 0.3) is 11.8 Å². The molecule has 2 N–H and O–H groups in total. The van der Waals surface area contributed by atoms with Gasteiger partial charge < -0.3 is 24.5 Å². The van der Waals surface area contributed by atoms with Crippen LogP contribution in [0.3, 0.4) is 0 Å². The van der Waals surface area contributed by atoms with Crippen LogP contribution in [0.15, 0.2) is 59.2 Å². The minimum atomic E-state index is -1.17. The maximum Gasteiger partial charge on any atom is 0.341 e. The first-order valence-corrected chi connectivity index (χ1v) is 10.9. The van der Waals surface area contributed by atoms with E-state index in [1.165, 1.54) is 36.7 Å². The Bertz CT molecular complexity index is 1120. The lowest BCUT2D eigenvalue weighted by Crippen LogP contribution is -2.35. The van der Waals surface area contributed by atoms with Crippen LogP contribution in [-0.4, -0.2) is 43.0 Å². The summed E-state index contributed by atoms with van der Waals surface area (Å²) in [6.45, 7) is 2.81. The van der Waals surface area contributed by atoms with Crippen LogP contribution in [0.4, 0.5) is 5.00 Å². The number of carbonyl (C=O) groups is 4. The molecule has 0 radical (unpaired) electrons. The van der Waals surface area contributed by atoms with Crippen LogP contribution in [0, 0.1) is 0 Å². The Morgan fingerprint density at radius 1 is 1.09 bits per heavy atom. The lowest BCUT2D eigenvalue weighted by Gasteiger charge is -2.13. The zero-order chi connectivity index (χ0) is 23.8. The molecule has 33 heavy (non-hydrogen) atoms. The lowest BCUT2D eigenvalue weighted by atomic mass is 10.1. The lowest BCUT2D eigenvalue weighted by molar-refractivity contribution is -0.152. The van der Waals surface area contributed by atoms with Crippen LogP contribution in [0.1, 0.15) is 34.8 Å². The number of amides is 2. The average molecular weight is 471 g/mol. The Morgan fingerprint density at radius 2 is 1.85 bits per heavy atom. The van der Waals surface area contributed by atoms with Gasteiger partial charge in [0, 0.05) is 4.88 Å². The van der Waals surface area contributed by atoms with Gasteiger partial charge in [-0.1, -0.05) is 30.3 Å². The largest absolute Gasteiger partial charge is 0.462 e. The summed E-state index contributed by atoms with van der Waals surface area (Å²) >= 11 is 1.20. The highest BCUT2D eigenvalue weighted by Gasteiger charge is 2.24. The number of ether oxygens (including phenoxy) is 2. The van der Waals surface area contributed by atoms with E-state index in [-0.39, 0.29) is 22.9 Å². The predicted molar refractivity (Wildman–Crippen MR) is 121 cm³/mol. The number of benzene rings is 1. The number of carbonyl (C=O) groups excluding carboxylic acids is 4. The van der Waals surface area contributed by atoms with Crippen molar-refractivity contribution in [2.24, 2.45) is 0 Å². The standard InChI is InChI=1S/C23H22N2O7S/c1-3-30-23(29)16-12-18(15-8-5-4-6-9-15)33-22(16)25-20(27)14(2)32-19(26)13-24-21(28)17-10-7-11-31-17/h4-12,14H,3,13H2,1-2H3,(H,24,28)(H,25,27)/t14-/m0/s1. The van der Waals surface area contributed by atoms with Crippen molar-refractivity contribution in [3.63, 3.8) is 0 Å². The Morgan fingerprint density at radius 3 is 2.52 bits per heavy atom. The van der Waals surface area contributed by atoms with Gasteiger partial charge in [-0.3, -0.25) is 14.4 Å². The summed E-state index contributed by atoms with van der Waals surface area (Å²) in [5.41, 5.74) is 1.08. The first-order chi connectivity index (χ1) is 15.9. The number of hydrogen-bond donors (Lipinski definition) is 2. The summed E-state index contributed by atoms with van der Waals surface area (Å²) in [6.07, 6.45) is 0.160. The van der Waals surface area contributed by atoms with Gasteiger partial charge in [0.15, 0.2) is 11.9 Å². The van der Waals surface area contributed by atoms with E-state index in [0.717, 1.165) is 10.4 Å². The highest BCUT2D eigenvalue weighted by atomic mass is 32.1. The molecule has 0 fully saturated rings. The molecule has 172 valence electrons. The Hall–Kier alpha value is -3.92. The first kappa shape index (κ1) is 23.7. The number of anilines is 1. The molecule has 2 aromatic heterocycles. The van der Waals surface area contributed by atoms with Gasteiger partial charge in [-0.2, -0.15) is 0 Å². The van der Waals surface area contributed by atoms with Gasteiger partial charge in [0.2, 0.25) is 0 Å². The van der Waals surface area contributed by atoms with E-state index in [1.807, 2.05) is 30.3 Å². The quantitative estimate of drug-likeness (QED) is 0.459. The maximum absolute atomic E-state index is 12.6. The van der Waals surface area contributed by atoms with Crippen molar-refractivity contribution >= 4 is 40.1 Å². The van der Waals surface area contributed by atoms with E-state index in [9.17, 15) is 19.2 Å². The molecule has 0 aliphatic rings. The molecule has 0 saturated heterocycles. The van der Waals surface area contributed by atoms with Crippen molar-refractivity contribution in [3.05, 3.63) is 66.1 Å². The predicted octanol–water partition coefficient (Wildman–Crippen LogP) is 3.49. The van der Waals surface area contributed by atoms with E-state index in [4.69, 9.17) is 13.9 Å². The van der Waals surface area contributed by atoms with Crippen LogP contribution >= 0.6 is 11.3 Å². The zero-order valence-electron chi connectivity index (χ0n) is 18.0. The van der Waals surface area contributed by atoms with E-state index < -0.39 is 36.4 Å². The molecule has 1 atom stereocenters. The minimum Gasteiger partial charge on any atom is -0.462 e. The summed E-state index contributed by atoms with van der Waals surface area (Å²) < 4.78 is 15.1. The normalized spacial score (nSPS) is 11.3. The van der Waals surface area contributed by atoms with Gasteiger partial charge >= 0.3 is 11.9 Å². The molecule has 0 aliphatic carbocycles. The third-order valence-electron chi connectivity index (χ3n) is 4.34. The van der Waals surface area contributed by atoms with Crippen molar-refractivity contribution in [1.29, 1.82) is 0 Å². The van der Waals surface area contributed by atoms with Gasteiger partial charge in [-0.25, -0.2) is 4.79 Å². The summed E-state index contributed by atoms with van der Waals surface area (Å²) in [5.74, 6) is -2.55. The summed E-state index contributed by atoms with van der Waals surface area (Å²) in [5, 5.41) is 5.26. The fourth-order valence-corrected chi connectivity index (χ4v) is 3.80. The monoisotopic (exact) mass is 470 g/mol. The van der Waals surface area contributed by atoms with Crippen LogP contribution in [0.25, 0.3) is 10.4 Å². The van der Waals surface area contributed by atoms with Crippen molar-refractivity contribution in [3.8, 4) is 10.4 Å². The molecule has 0 unspecified atom stereocenters. The average Bonchev–Trinajstić information content (AvgIpc) is 3.49. The second-order valence-electron chi connectivity index (χ2n) is 6.72. The fourth-order valence-electron chi connectivity index (χ4n) is 2.74. The minimum absolute atomic E-state index is 0.0481. The van der Waals surface area contributed by atoms with E-state index in [0.29, 0.717) is 0 Å². The molecule has 0 spiro atoms. The molecule has 0 aliphatic heterocycles. The van der Waals surface area contributed by atoms with Gasteiger partial charge in [-0.15, -0.1) is 11.3 Å². The zero-order valence-corrected chi connectivity index (χ0v) is 18.8. The molecule has 2 amide bonds. The second kappa shape index (κ2) is 11.1. The summed E-state index contributed by atoms with van der Waals surface area (Å²) in [7, 11) is 0. The molecule has 0 saturated carbocycles.